The number of nitriles is 1. The summed E-state index contributed by atoms with van der Waals surface area (Å²) in [6, 6.07) is 1.06. The molecule has 0 aromatic heterocycles. The molecule has 1 aliphatic rings. The predicted octanol–water partition coefficient (Wildman–Crippen LogP) is 3.30. The molecule has 0 aliphatic carbocycles. The second kappa shape index (κ2) is 13.6. The standard InChI is InChI=1S/C16H26N4O2.C4H5F/c1-4-13-5-9-20(10-6-13)16(22)19-14(11-12(2)3)15(21)18-8-7-17;1-3-4(2)5/h4,12-14H,1,5-6,8-11H2,2-3H3,(H,18,21)(H,19,22);3H,1-2H2. The number of urea groups is 1. The summed E-state index contributed by atoms with van der Waals surface area (Å²) >= 11 is 0. The quantitative estimate of drug-likeness (QED) is 0.405. The molecule has 0 spiro atoms. The van der Waals surface area contributed by atoms with E-state index in [1.165, 1.54) is 0 Å². The molecule has 3 amide bonds. The van der Waals surface area contributed by atoms with Gasteiger partial charge in [0.2, 0.25) is 5.91 Å². The zero-order valence-electron chi connectivity index (χ0n) is 16.3. The third kappa shape index (κ3) is 10.9. The summed E-state index contributed by atoms with van der Waals surface area (Å²) in [5, 5.41) is 13.9. The lowest BCUT2D eigenvalue weighted by molar-refractivity contribution is -0.123. The third-order valence-electron chi connectivity index (χ3n) is 4.04. The molecule has 0 bridgehead atoms. The Morgan fingerprint density at radius 2 is 1.89 bits per heavy atom. The summed E-state index contributed by atoms with van der Waals surface area (Å²) in [7, 11) is 0. The zero-order valence-corrected chi connectivity index (χ0v) is 16.3. The lowest BCUT2D eigenvalue weighted by Gasteiger charge is -2.32. The van der Waals surface area contributed by atoms with Crippen LogP contribution in [0.15, 0.2) is 37.7 Å². The van der Waals surface area contributed by atoms with Crippen LogP contribution in [0.3, 0.4) is 0 Å². The molecule has 1 unspecified atom stereocenters. The summed E-state index contributed by atoms with van der Waals surface area (Å²) in [6.45, 7) is 15.1. The van der Waals surface area contributed by atoms with Crippen LogP contribution in [0.25, 0.3) is 0 Å². The number of rotatable bonds is 7. The number of carbonyl (C=O) groups excluding carboxylic acids is 2. The molecule has 1 fully saturated rings. The molecule has 1 saturated heterocycles. The number of hydrogen-bond donors (Lipinski definition) is 2. The van der Waals surface area contributed by atoms with E-state index in [0.29, 0.717) is 25.4 Å². The van der Waals surface area contributed by atoms with E-state index in [0.717, 1.165) is 18.9 Å². The summed E-state index contributed by atoms with van der Waals surface area (Å²) < 4.78 is 11.1. The topological polar surface area (TPSA) is 85.2 Å². The van der Waals surface area contributed by atoms with Crippen molar-refractivity contribution in [3.63, 3.8) is 0 Å². The van der Waals surface area contributed by atoms with Crippen LogP contribution in [-0.4, -0.2) is 42.5 Å². The molecule has 150 valence electrons. The average molecular weight is 378 g/mol. The number of hydrogen-bond acceptors (Lipinski definition) is 3. The molecule has 0 aromatic carbocycles. The van der Waals surface area contributed by atoms with Crippen molar-refractivity contribution in [2.45, 2.75) is 39.2 Å². The van der Waals surface area contributed by atoms with Gasteiger partial charge in [-0.25, -0.2) is 9.18 Å². The minimum Gasteiger partial charge on any atom is -0.341 e. The maximum Gasteiger partial charge on any atom is 0.318 e. The van der Waals surface area contributed by atoms with Gasteiger partial charge in [-0.3, -0.25) is 4.79 Å². The number of nitrogens with one attached hydrogen (secondary N) is 2. The van der Waals surface area contributed by atoms with Gasteiger partial charge >= 0.3 is 6.03 Å². The molecule has 0 saturated carbocycles. The summed E-state index contributed by atoms with van der Waals surface area (Å²) in [6.07, 6.45) is 5.36. The molecular formula is C20H31FN4O2. The second-order valence-corrected chi connectivity index (χ2v) is 6.72. The number of likely N-dealkylation sites (tertiary alicyclic amines) is 1. The van der Waals surface area contributed by atoms with Crippen LogP contribution < -0.4 is 10.6 Å². The minimum atomic E-state index is -0.599. The van der Waals surface area contributed by atoms with Crippen LogP contribution in [0.4, 0.5) is 9.18 Å². The first-order valence-electron chi connectivity index (χ1n) is 9.04. The van der Waals surface area contributed by atoms with Crippen molar-refractivity contribution < 1.29 is 14.0 Å². The van der Waals surface area contributed by atoms with E-state index >= 15 is 0 Å². The van der Waals surface area contributed by atoms with E-state index in [1.807, 2.05) is 26.0 Å². The van der Waals surface area contributed by atoms with E-state index in [4.69, 9.17) is 5.26 Å². The molecule has 2 N–H and O–H groups in total. The van der Waals surface area contributed by atoms with Gasteiger partial charge in [0.05, 0.1) is 6.07 Å². The lowest BCUT2D eigenvalue weighted by Crippen LogP contribution is -2.53. The number of halogens is 1. The fraction of sp³-hybridized carbons (Fsp3) is 0.550. The van der Waals surface area contributed by atoms with Gasteiger partial charge in [0.1, 0.15) is 18.4 Å². The molecule has 1 heterocycles. The fourth-order valence-corrected chi connectivity index (χ4v) is 2.53. The van der Waals surface area contributed by atoms with Gasteiger partial charge < -0.3 is 15.5 Å². The highest BCUT2D eigenvalue weighted by atomic mass is 19.1. The molecule has 1 atom stereocenters. The van der Waals surface area contributed by atoms with Gasteiger partial charge in [0.15, 0.2) is 0 Å². The normalized spacial score (nSPS) is 14.9. The van der Waals surface area contributed by atoms with Crippen LogP contribution in [0.2, 0.25) is 0 Å². The maximum atomic E-state index is 12.3. The molecule has 7 heteroatoms. The molecule has 27 heavy (non-hydrogen) atoms. The van der Waals surface area contributed by atoms with Crippen molar-refractivity contribution in [1.29, 1.82) is 5.26 Å². The fourth-order valence-electron chi connectivity index (χ4n) is 2.53. The number of nitrogens with zero attached hydrogens (tertiary/aromatic N) is 2. The summed E-state index contributed by atoms with van der Waals surface area (Å²) in [5.74, 6) is -0.0475. The SMILES string of the molecule is C=CC(=C)F.C=CC1CCN(C(=O)NC(CC(C)C)C(=O)NCC#N)CC1. The molecule has 0 radical (unpaired) electrons. The van der Waals surface area contributed by atoms with E-state index < -0.39 is 11.9 Å². The first kappa shape index (κ1) is 24.4. The Hall–Kier alpha value is -2.62. The van der Waals surface area contributed by atoms with Crippen LogP contribution in [0.5, 0.6) is 0 Å². The number of amides is 3. The number of piperidine rings is 1. The van der Waals surface area contributed by atoms with Crippen molar-refractivity contribution in [2.24, 2.45) is 11.8 Å². The van der Waals surface area contributed by atoms with Gasteiger partial charge in [-0.15, -0.1) is 6.58 Å². The molecule has 6 nitrogen and oxygen atoms in total. The smallest absolute Gasteiger partial charge is 0.318 e. The van der Waals surface area contributed by atoms with Gasteiger partial charge in [-0.05, 0) is 37.2 Å². The van der Waals surface area contributed by atoms with Gasteiger partial charge in [-0.1, -0.05) is 33.1 Å². The van der Waals surface area contributed by atoms with Gasteiger partial charge in [0, 0.05) is 13.1 Å². The van der Waals surface area contributed by atoms with Gasteiger partial charge in [0.25, 0.3) is 0 Å². The Morgan fingerprint density at radius 3 is 2.30 bits per heavy atom. The second-order valence-electron chi connectivity index (χ2n) is 6.72. The van der Waals surface area contributed by atoms with Crippen molar-refractivity contribution in [3.05, 3.63) is 37.7 Å². The van der Waals surface area contributed by atoms with Crippen molar-refractivity contribution in [2.75, 3.05) is 19.6 Å². The predicted molar refractivity (Wildman–Crippen MR) is 105 cm³/mol. The number of allylic oxidation sites excluding steroid dienone is 3. The summed E-state index contributed by atoms with van der Waals surface area (Å²) in [5.41, 5.74) is 0. The third-order valence-corrected chi connectivity index (χ3v) is 4.04. The minimum absolute atomic E-state index is 0.0476. The molecular weight excluding hydrogens is 347 g/mol. The van der Waals surface area contributed by atoms with Crippen molar-refractivity contribution >= 4 is 11.9 Å². The van der Waals surface area contributed by atoms with E-state index in [1.54, 1.807) is 4.90 Å². The Labute approximate surface area is 161 Å². The average Bonchev–Trinajstić information content (AvgIpc) is 2.65. The van der Waals surface area contributed by atoms with E-state index in [2.05, 4.69) is 30.4 Å². The van der Waals surface area contributed by atoms with E-state index in [-0.39, 0.29) is 24.4 Å². The van der Waals surface area contributed by atoms with Crippen LogP contribution >= 0.6 is 0 Å². The lowest BCUT2D eigenvalue weighted by atomic mass is 9.97. The van der Waals surface area contributed by atoms with Crippen LogP contribution in [-0.2, 0) is 4.79 Å². The first-order valence-corrected chi connectivity index (χ1v) is 9.04. The highest BCUT2D eigenvalue weighted by Gasteiger charge is 2.26. The summed E-state index contributed by atoms with van der Waals surface area (Å²) in [4.78, 5) is 26.1. The molecule has 1 aliphatic heterocycles. The highest BCUT2D eigenvalue weighted by molar-refractivity contribution is 5.87. The Bertz CT molecular complexity index is 561. The Kier molecular flexibility index (Phi) is 12.2. The highest BCUT2D eigenvalue weighted by Crippen LogP contribution is 2.18. The largest absolute Gasteiger partial charge is 0.341 e. The van der Waals surface area contributed by atoms with Crippen molar-refractivity contribution in [3.8, 4) is 6.07 Å². The first-order chi connectivity index (χ1) is 12.7. The Balaban J connectivity index is 0.00000119. The maximum absolute atomic E-state index is 12.3. The van der Waals surface area contributed by atoms with E-state index in [9.17, 15) is 14.0 Å². The monoisotopic (exact) mass is 378 g/mol. The molecule has 1 rings (SSSR count). The Morgan fingerprint density at radius 1 is 1.33 bits per heavy atom. The van der Waals surface area contributed by atoms with Crippen LogP contribution in [0.1, 0.15) is 33.1 Å². The van der Waals surface area contributed by atoms with Crippen molar-refractivity contribution in [1.82, 2.24) is 15.5 Å². The van der Waals surface area contributed by atoms with Crippen LogP contribution in [0, 0.1) is 23.2 Å². The van der Waals surface area contributed by atoms with Gasteiger partial charge in [-0.2, -0.15) is 5.26 Å². The number of carbonyl (C=O) groups is 2. The zero-order chi connectivity index (χ0) is 20.8. The molecule has 0 aromatic rings.